The molecule has 0 radical (unpaired) electrons. The van der Waals surface area contributed by atoms with Gasteiger partial charge in [-0.1, -0.05) is 98.1 Å². The van der Waals surface area contributed by atoms with Crippen LogP contribution in [0.15, 0.2) is 182 Å². The standard InChI is InChI=1S/C46H40N2O4/c1-33(2)45(49)51-31-35-15-23-41(24-16-35)47(39-11-7-5-8-12-39)43-27-19-37(20-28-43)38-21-29-44(30-22-38)48(40-13-9-6-10-14-40)42-25-17-36(18-26-42)32-52-46(50)34(3)4/h5-30H,1,3,31-32H2,2,4H3. The molecule has 0 amide bonds. The van der Waals surface area contributed by atoms with Crippen LogP contribution in [0.5, 0.6) is 0 Å². The van der Waals surface area contributed by atoms with Crippen LogP contribution < -0.4 is 9.80 Å². The van der Waals surface area contributed by atoms with Crippen molar-refractivity contribution in [2.24, 2.45) is 0 Å². The summed E-state index contributed by atoms with van der Waals surface area (Å²) in [5.74, 6) is -0.796. The molecule has 0 aliphatic heterocycles. The first-order chi connectivity index (χ1) is 25.3. The maximum atomic E-state index is 11.9. The lowest BCUT2D eigenvalue weighted by atomic mass is 10.0. The van der Waals surface area contributed by atoms with Gasteiger partial charge in [-0.3, -0.25) is 0 Å². The molecule has 6 aromatic carbocycles. The van der Waals surface area contributed by atoms with E-state index in [-0.39, 0.29) is 13.2 Å². The molecule has 0 saturated carbocycles. The van der Waals surface area contributed by atoms with Gasteiger partial charge in [0.25, 0.3) is 0 Å². The second-order valence-corrected chi connectivity index (χ2v) is 12.5. The summed E-state index contributed by atoms with van der Waals surface area (Å²) in [5, 5.41) is 0. The zero-order chi connectivity index (χ0) is 36.5. The van der Waals surface area contributed by atoms with Crippen LogP contribution in [-0.4, -0.2) is 11.9 Å². The van der Waals surface area contributed by atoms with E-state index in [1.54, 1.807) is 13.8 Å². The van der Waals surface area contributed by atoms with Crippen LogP contribution in [0.25, 0.3) is 11.1 Å². The minimum atomic E-state index is -0.398. The van der Waals surface area contributed by atoms with E-state index in [0.717, 1.165) is 56.4 Å². The molecule has 0 heterocycles. The zero-order valence-corrected chi connectivity index (χ0v) is 29.4. The predicted molar refractivity (Wildman–Crippen MR) is 210 cm³/mol. The fourth-order valence-corrected chi connectivity index (χ4v) is 5.68. The third kappa shape index (κ3) is 8.55. The van der Waals surface area contributed by atoms with Gasteiger partial charge in [-0.15, -0.1) is 0 Å². The highest BCUT2D eigenvalue weighted by Gasteiger charge is 2.15. The van der Waals surface area contributed by atoms with Gasteiger partial charge in [-0.2, -0.15) is 0 Å². The van der Waals surface area contributed by atoms with Crippen LogP contribution in [0, 0.1) is 0 Å². The summed E-state index contributed by atoms with van der Waals surface area (Å²) in [5.41, 5.74) is 10.8. The molecule has 52 heavy (non-hydrogen) atoms. The molecule has 0 atom stereocenters. The molecule has 6 nitrogen and oxygen atoms in total. The Bertz CT molecular complexity index is 1980. The maximum absolute atomic E-state index is 11.9. The predicted octanol–water partition coefficient (Wildman–Crippen LogP) is 11.5. The molecule has 0 spiro atoms. The van der Waals surface area contributed by atoms with E-state index in [1.165, 1.54) is 0 Å². The van der Waals surface area contributed by atoms with E-state index in [9.17, 15) is 9.59 Å². The SMILES string of the molecule is C=C(C)C(=O)OCc1ccc(N(c2ccccc2)c2ccc(-c3ccc(N(c4ccccc4)c4ccc(COC(=O)C(=C)C)cc4)cc3)cc2)cc1. The van der Waals surface area contributed by atoms with Crippen molar-refractivity contribution in [3.63, 3.8) is 0 Å². The molecule has 0 saturated heterocycles. The average molecular weight is 685 g/mol. The van der Waals surface area contributed by atoms with E-state index < -0.39 is 11.9 Å². The third-order valence-electron chi connectivity index (χ3n) is 8.44. The Hall–Kier alpha value is -6.66. The van der Waals surface area contributed by atoms with E-state index in [4.69, 9.17) is 9.47 Å². The van der Waals surface area contributed by atoms with Gasteiger partial charge in [0, 0.05) is 45.3 Å². The first kappa shape index (κ1) is 35.2. The van der Waals surface area contributed by atoms with Crippen molar-refractivity contribution in [3.8, 4) is 11.1 Å². The number of esters is 2. The Kier molecular flexibility index (Phi) is 11.1. The molecule has 0 aliphatic carbocycles. The molecule has 258 valence electrons. The molecule has 6 rings (SSSR count). The zero-order valence-electron chi connectivity index (χ0n) is 29.4. The summed E-state index contributed by atoms with van der Waals surface area (Å²) in [4.78, 5) is 28.1. The fraction of sp³-hybridized carbons (Fsp3) is 0.0870. The van der Waals surface area contributed by atoms with E-state index in [1.807, 2.05) is 84.9 Å². The highest BCUT2D eigenvalue weighted by atomic mass is 16.5. The van der Waals surface area contributed by atoms with Crippen LogP contribution in [0.3, 0.4) is 0 Å². The number of hydrogen-bond acceptors (Lipinski definition) is 6. The van der Waals surface area contributed by atoms with Crippen LogP contribution in [-0.2, 0) is 32.3 Å². The maximum Gasteiger partial charge on any atom is 0.333 e. The van der Waals surface area contributed by atoms with E-state index in [0.29, 0.717) is 11.1 Å². The van der Waals surface area contributed by atoms with Crippen molar-refractivity contribution in [2.45, 2.75) is 27.1 Å². The third-order valence-corrected chi connectivity index (χ3v) is 8.44. The van der Waals surface area contributed by atoms with Crippen molar-refractivity contribution in [1.29, 1.82) is 0 Å². The minimum absolute atomic E-state index is 0.189. The van der Waals surface area contributed by atoms with Gasteiger partial charge < -0.3 is 19.3 Å². The summed E-state index contributed by atoms with van der Waals surface area (Å²) >= 11 is 0. The Morgan fingerprint density at radius 3 is 0.981 bits per heavy atom. The summed E-state index contributed by atoms with van der Waals surface area (Å²) < 4.78 is 10.7. The van der Waals surface area contributed by atoms with Gasteiger partial charge in [-0.05, 0) is 109 Å². The molecular formula is C46H40N2O4. The van der Waals surface area contributed by atoms with Crippen molar-refractivity contribution < 1.29 is 19.1 Å². The second-order valence-electron chi connectivity index (χ2n) is 12.5. The molecule has 6 heteroatoms. The van der Waals surface area contributed by atoms with Gasteiger partial charge in [0.15, 0.2) is 0 Å². The number of anilines is 6. The number of hydrogen-bond donors (Lipinski definition) is 0. The Morgan fingerprint density at radius 2 is 0.692 bits per heavy atom. The monoisotopic (exact) mass is 684 g/mol. The highest BCUT2D eigenvalue weighted by molar-refractivity contribution is 5.87. The number of para-hydroxylation sites is 2. The second kappa shape index (κ2) is 16.4. The number of carbonyl (C=O) groups excluding carboxylic acids is 2. The van der Waals surface area contributed by atoms with Gasteiger partial charge >= 0.3 is 11.9 Å². The van der Waals surface area contributed by atoms with Gasteiger partial charge in [0.2, 0.25) is 0 Å². The van der Waals surface area contributed by atoms with Crippen LogP contribution in [0.1, 0.15) is 25.0 Å². The largest absolute Gasteiger partial charge is 0.457 e. The van der Waals surface area contributed by atoms with Crippen molar-refractivity contribution in [3.05, 3.63) is 193 Å². The molecule has 0 N–H and O–H groups in total. The molecule has 0 aliphatic rings. The first-order valence-electron chi connectivity index (χ1n) is 17.0. The molecule has 0 fully saturated rings. The first-order valence-corrected chi connectivity index (χ1v) is 17.0. The summed E-state index contributed by atoms with van der Waals surface area (Å²) in [6.07, 6.45) is 0. The van der Waals surface area contributed by atoms with E-state index >= 15 is 0 Å². The number of carbonyl (C=O) groups is 2. The van der Waals surface area contributed by atoms with Crippen molar-refractivity contribution in [1.82, 2.24) is 0 Å². The number of rotatable bonds is 13. The molecule has 0 unspecified atom stereocenters. The topological polar surface area (TPSA) is 59.1 Å². The lowest BCUT2D eigenvalue weighted by molar-refractivity contribution is -0.141. The van der Waals surface area contributed by atoms with Crippen LogP contribution in [0.2, 0.25) is 0 Å². The van der Waals surface area contributed by atoms with Gasteiger partial charge in [0.05, 0.1) is 0 Å². The van der Waals surface area contributed by atoms with Crippen LogP contribution in [0.4, 0.5) is 34.1 Å². The molecule has 0 aromatic heterocycles. The Balaban J connectivity index is 1.23. The van der Waals surface area contributed by atoms with Crippen molar-refractivity contribution in [2.75, 3.05) is 9.80 Å². The van der Waals surface area contributed by atoms with Crippen molar-refractivity contribution >= 4 is 46.1 Å². The van der Waals surface area contributed by atoms with Crippen LogP contribution >= 0.6 is 0 Å². The Labute approximate surface area is 305 Å². The minimum Gasteiger partial charge on any atom is -0.457 e. The quantitative estimate of drug-likeness (QED) is 0.0891. The fourth-order valence-electron chi connectivity index (χ4n) is 5.68. The number of ether oxygens (including phenoxy) is 2. The lowest BCUT2D eigenvalue weighted by Gasteiger charge is -2.26. The smallest absolute Gasteiger partial charge is 0.333 e. The summed E-state index contributed by atoms with van der Waals surface area (Å²) in [7, 11) is 0. The summed E-state index contributed by atoms with van der Waals surface area (Å²) in [6.45, 7) is 11.0. The Morgan fingerprint density at radius 1 is 0.423 bits per heavy atom. The number of benzene rings is 6. The van der Waals surface area contributed by atoms with Gasteiger partial charge in [0.1, 0.15) is 13.2 Å². The normalized spacial score (nSPS) is 10.6. The highest BCUT2D eigenvalue weighted by Crippen LogP contribution is 2.38. The summed E-state index contributed by atoms with van der Waals surface area (Å²) in [6, 6.07) is 53.6. The van der Waals surface area contributed by atoms with Gasteiger partial charge in [-0.25, -0.2) is 9.59 Å². The molecule has 6 aromatic rings. The number of nitrogens with zero attached hydrogens (tertiary/aromatic N) is 2. The molecular weight excluding hydrogens is 645 g/mol. The lowest BCUT2D eigenvalue weighted by Crippen LogP contribution is -2.10. The average Bonchev–Trinajstić information content (AvgIpc) is 3.18. The van der Waals surface area contributed by atoms with E-state index in [2.05, 4.69) is 95.8 Å². The molecule has 0 bridgehead atoms.